The Labute approximate surface area is 229 Å². The van der Waals surface area contributed by atoms with Crippen molar-refractivity contribution in [3.63, 3.8) is 0 Å². The number of benzene rings is 2. The summed E-state index contributed by atoms with van der Waals surface area (Å²) in [6.45, 7) is 0.257. The van der Waals surface area contributed by atoms with Gasteiger partial charge < -0.3 is 14.7 Å². The summed E-state index contributed by atoms with van der Waals surface area (Å²) in [5.74, 6) is 0.0364. The average molecular weight is 514 g/mol. The Morgan fingerprint density at radius 1 is 1.03 bits per heavy atom. The number of pyridine rings is 1. The Hall–Kier alpha value is -2.53. The second-order valence-corrected chi connectivity index (χ2v) is 10.6. The number of nitrogens with zero attached hydrogens (tertiary/aromatic N) is 3. The third kappa shape index (κ3) is 5.06. The molecule has 0 atom stereocenters. The molecule has 1 aliphatic heterocycles. The van der Waals surface area contributed by atoms with E-state index in [1.54, 1.807) is 47.5 Å². The summed E-state index contributed by atoms with van der Waals surface area (Å²) in [6, 6.07) is 19.6. The minimum atomic E-state index is -4.02. The maximum atomic E-state index is 12.7. The number of carbonyl (C=O) groups excluding carboxylic acids is 1. The van der Waals surface area contributed by atoms with Crippen LogP contribution >= 0.6 is 11.3 Å². The molecule has 10 heteroatoms. The van der Waals surface area contributed by atoms with E-state index in [2.05, 4.69) is 9.71 Å². The summed E-state index contributed by atoms with van der Waals surface area (Å²) >= 11 is 1.56. The van der Waals surface area contributed by atoms with Crippen molar-refractivity contribution in [1.29, 1.82) is 0 Å². The molecule has 2 aromatic carbocycles. The van der Waals surface area contributed by atoms with Crippen LogP contribution in [0.5, 0.6) is 0 Å². The molecule has 1 N–H and O–H groups in total. The molecule has 5 rings (SSSR count). The van der Waals surface area contributed by atoms with Gasteiger partial charge in [0.1, 0.15) is 15.0 Å². The Balaban J connectivity index is 0.00000289. The van der Waals surface area contributed by atoms with Gasteiger partial charge in [-0.25, -0.2) is 13.4 Å². The van der Waals surface area contributed by atoms with Crippen LogP contribution in [0.15, 0.2) is 78.0 Å². The van der Waals surface area contributed by atoms with Gasteiger partial charge in [0.2, 0.25) is 0 Å². The van der Waals surface area contributed by atoms with Gasteiger partial charge in [0.05, 0.1) is 6.61 Å². The van der Waals surface area contributed by atoms with Gasteiger partial charge in [-0.3, -0.25) is 4.79 Å². The van der Waals surface area contributed by atoms with Crippen molar-refractivity contribution in [1.82, 2.24) is 9.88 Å². The van der Waals surface area contributed by atoms with E-state index >= 15 is 0 Å². The van der Waals surface area contributed by atoms with Gasteiger partial charge in [0.25, 0.3) is 5.91 Å². The summed E-state index contributed by atoms with van der Waals surface area (Å²) in [5.41, 5.74) is 4.15. The second-order valence-electron chi connectivity index (χ2n) is 7.93. The number of hydrogen-bond donors (Lipinski definition) is 1. The van der Waals surface area contributed by atoms with E-state index in [0.29, 0.717) is 12.1 Å². The monoisotopic (exact) mass is 513 g/mol. The van der Waals surface area contributed by atoms with Crippen molar-refractivity contribution in [2.24, 2.45) is 0 Å². The molecule has 172 valence electrons. The Morgan fingerprint density at radius 2 is 1.74 bits per heavy atom. The molecule has 35 heavy (non-hydrogen) atoms. The van der Waals surface area contributed by atoms with Crippen LogP contribution in [0.1, 0.15) is 21.5 Å². The predicted octanol–water partition coefficient (Wildman–Crippen LogP) is 1.95. The maximum absolute atomic E-state index is 12.7. The minimum Gasteiger partial charge on any atom is -0.571 e. The largest absolute Gasteiger partial charge is 1.00 e. The first-order valence-electron chi connectivity index (χ1n) is 10.5. The molecule has 4 aromatic rings. The average Bonchev–Trinajstić information content (AvgIpc) is 3.44. The van der Waals surface area contributed by atoms with Crippen LogP contribution in [-0.2, 0) is 23.2 Å². The molecule has 1 aliphatic rings. The fourth-order valence-electron chi connectivity index (χ4n) is 3.88. The fourth-order valence-corrected chi connectivity index (χ4v) is 5.85. The summed E-state index contributed by atoms with van der Waals surface area (Å²) < 4.78 is 29.4. The van der Waals surface area contributed by atoms with Gasteiger partial charge in [-0.1, -0.05) is 30.3 Å². The number of fused-ring (bicyclic) bond motifs is 1. The van der Waals surface area contributed by atoms with E-state index in [4.69, 9.17) is 0 Å². The van der Waals surface area contributed by atoms with E-state index in [0.717, 1.165) is 32.0 Å². The van der Waals surface area contributed by atoms with Gasteiger partial charge in [-0.15, -0.1) is 17.0 Å². The SMILES string of the molecule is CN1Cc2cc(-c3ccc(-c4ccc(CO)c([N-]S(=O)(=O)c5ccccn5)c4)s3)ccc2C1=O.[Na+]. The smallest absolute Gasteiger partial charge is 0.571 e. The molecular weight excluding hydrogens is 493 g/mol. The predicted molar refractivity (Wildman–Crippen MR) is 131 cm³/mol. The number of aromatic nitrogens is 1. The Morgan fingerprint density at radius 3 is 2.43 bits per heavy atom. The number of sulfonamides is 1. The van der Waals surface area contributed by atoms with Crippen LogP contribution in [-0.4, -0.2) is 36.4 Å². The molecule has 0 saturated carbocycles. The number of aliphatic hydroxyl groups excluding tert-OH is 1. The minimum absolute atomic E-state index is 0. The molecule has 2 aromatic heterocycles. The first-order chi connectivity index (χ1) is 16.4. The van der Waals surface area contributed by atoms with Gasteiger partial charge in [0.15, 0.2) is 0 Å². The quantitative estimate of drug-likeness (QED) is 0.397. The molecule has 0 spiro atoms. The zero-order valence-corrected chi connectivity index (χ0v) is 22.8. The van der Waals surface area contributed by atoms with Crippen molar-refractivity contribution in [3.8, 4) is 20.9 Å². The van der Waals surface area contributed by atoms with E-state index < -0.39 is 10.0 Å². The van der Waals surface area contributed by atoms with Crippen LogP contribution in [0.25, 0.3) is 25.6 Å². The first kappa shape index (κ1) is 25.6. The summed E-state index contributed by atoms with van der Waals surface area (Å²) in [4.78, 5) is 19.7. The van der Waals surface area contributed by atoms with Crippen LogP contribution in [0.2, 0.25) is 0 Å². The molecular formula is C25H20N3NaO4S2. The molecule has 3 heterocycles. The van der Waals surface area contributed by atoms with E-state index in [-0.39, 0.29) is 52.8 Å². The van der Waals surface area contributed by atoms with Crippen molar-refractivity contribution in [3.05, 3.63) is 94.3 Å². The van der Waals surface area contributed by atoms with Gasteiger partial charge in [-0.05, 0) is 58.7 Å². The number of thiophene rings is 1. The third-order valence-corrected chi connectivity index (χ3v) is 8.03. The first-order valence-corrected chi connectivity index (χ1v) is 12.7. The van der Waals surface area contributed by atoms with Gasteiger partial charge >= 0.3 is 29.6 Å². The zero-order chi connectivity index (χ0) is 23.9. The number of amides is 1. The maximum Gasteiger partial charge on any atom is 1.00 e. The number of rotatable bonds is 6. The summed E-state index contributed by atoms with van der Waals surface area (Å²) in [7, 11) is -2.23. The van der Waals surface area contributed by atoms with Crippen LogP contribution in [0, 0.1) is 0 Å². The number of hydrogen-bond acceptors (Lipinski definition) is 6. The molecule has 0 unspecified atom stereocenters. The Kier molecular flexibility index (Phi) is 7.46. The van der Waals surface area contributed by atoms with Crippen molar-refractivity contribution in [2.75, 3.05) is 7.05 Å². The van der Waals surface area contributed by atoms with E-state index in [1.807, 2.05) is 36.4 Å². The van der Waals surface area contributed by atoms with Crippen LogP contribution in [0.4, 0.5) is 5.69 Å². The number of carbonyl (C=O) groups is 1. The third-order valence-electron chi connectivity index (χ3n) is 5.64. The van der Waals surface area contributed by atoms with Gasteiger partial charge in [-0.2, -0.15) is 0 Å². The molecule has 0 radical (unpaired) electrons. The van der Waals surface area contributed by atoms with Crippen molar-refractivity contribution in [2.45, 2.75) is 18.2 Å². The van der Waals surface area contributed by atoms with Crippen LogP contribution in [0.3, 0.4) is 0 Å². The molecule has 1 amide bonds. The van der Waals surface area contributed by atoms with Crippen molar-refractivity contribution >= 4 is 33.0 Å². The Bertz CT molecular complexity index is 1500. The zero-order valence-electron chi connectivity index (χ0n) is 19.2. The topological polar surface area (TPSA) is 102 Å². The van der Waals surface area contributed by atoms with E-state index in [9.17, 15) is 18.3 Å². The molecule has 0 fully saturated rings. The summed E-state index contributed by atoms with van der Waals surface area (Å²) in [6.07, 6.45) is 1.39. The molecule has 0 aliphatic carbocycles. The number of aliphatic hydroxyl groups is 1. The molecule has 0 saturated heterocycles. The second kappa shape index (κ2) is 10.2. The van der Waals surface area contributed by atoms with E-state index in [1.165, 1.54) is 12.3 Å². The molecule has 0 bridgehead atoms. The summed E-state index contributed by atoms with van der Waals surface area (Å²) in [5, 5.41) is 9.57. The normalized spacial score (nSPS) is 12.9. The van der Waals surface area contributed by atoms with Gasteiger partial charge in [0, 0.05) is 35.1 Å². The van der Waals surface area contributed by atoms with Crippen molar-refractivity contribution < 1.29 is 47.9 Å². The van der Waals surface area contributed by atoms with Crippen LogP contribution < -0.4 is 29.6 Å². The molecule has 7 nitrogen and oxygen atoms in total. The standard InChI is InChI=1S/C25H20N3O4S2.Na/c1-28-14-19-12-16(7-8-20(19)25(28)30)22-9-10-23(33-22)17-5-6-18(15-29)21(13-17)27-34(31,32)24-4-2-3-11-26-24;/h2-13,29H,14-15H2,1H3;/q-1;+1. The fraction of sp³-hybridized carbons (Fsp3) is 0.120.